The topological polar surface area (TPSA) is 29.1 Å². The van der Waals surface area contributed by atoms with Gasteiger partial charge in [0.2, 0.25) is 5.91 Å². The van der Waals surface area contributed by atoms with Crippen molar-refractivity contribution < 1.29 is 4.79 Å². The lowest BCUT2D eigenvalue weighted by molar-refractivity contribution is -0.120. The third kappa shape index (κ3) is 3.44. The van der Waals surface area contributed by atoms with Crippen LogP contribution in [0.15, 0.2) is 35.7 Å². The summed E-state index contributed by atoms with van der Waals surface area (Å²) < 4.78 is 0. The van der Waals surface area contributed by atoms with Crippen molar-refractivity contribution in [1.82, 2.24) is 5.32 Å². The molecule has 2 aromatic rings. The molecule has 2 nitrogen and oxygen atoms in total. The number of thiophene rings is 1. The summed E-state index contributed by atoms with van der Waals surface area (Å²) in [5, 5.41) is 5.01. The molecule has 0 radical (unpaired) electrons. The van der Waals surface area contributed by atoms with Crippen LogP contribution in [0.1, 0.15) is 21.6 Å². The number of rotatable bonds is 4. The molecule has 1 amide bonds. The van der Waals surface area contributed by atoms with Gasteiger partial charge in [0.25, 0.3) is 0 Å². The van der Waals surface area contributed by atoms with E-state index in [0.29, 0.717) is 13.0 Å². The van der Waals surface area contributed by atoms with E-state index >= 15 is 0 Å². The molecule has 18 heavy (non-hydrogen) atoms. The Kier molecular flexibility index (Phi) is 4.15. The number of hydrogen-bond donors (Lipinski definition) is 1. The first kappa shape index (κ1) is 12.8. The maximum atomic E-state index is 11.8. The number of aryl methyl sites for hydroxylation is 2. The molecule has 3 heteroatoms. The Bertz CT molecular complexity index is 528. The summed E-state index contributed by atoms with van der Waals surface area (Å²) in [4.78, 5) is 13.0. The molecule has 0 spiro atoms. The van der Waals surface area contributed by atoms with Crippen molar-refractivity contribution in [2.45, 2.75) is 26.8 Å². The van der Waals surface area contributed by atoms with Crippen LogP contribution in [-0.2, 0) is 17.8 Å². The first-order chi connectivity index (χ1) is 8.65. The Balaban J connectivity index is 1.86. The second-order valence-corrected chi connectivity index (χ2v) is 5.47. The van der Waals surface area contributed by atoms with E-state index in [1.54, 1.807) is 11.3 Å². The van der Waals surface area contributed by atoms with Crippen molar-refractivity contribution in [3.8, 4) is 0 Å². The van der Waals surface area contributed by atoms with Gasteiger partial charge in [-0.1, -0.05) is 29.8 Å². The van der Waals surface area contributed by atoms with Crippen molar-refractivity contribution in [2.75, 3.05) is 0 Å². The molecule has 0 saturated carbocycles. The van der Waals surface area contributed by atoms with Crippen LogP contribution in [0.5, 0.6) is 0 Å². The van der Waals surface area contributed by atoms with E-state index in [1.165, 1.54) is 16.0 Å². The summed E-state index contributed by atoms with van der Waals surface area (Å²) in [6, 6.07) is 10.2. The molecule has 1 N–H and O–H groups in total. The summed E-state index contributed by atoms with van der Waals surface area (Å²) >= 11 is 1.69. The van der Waals surface area contributed by atoms with E-state index in [4.69, 9.17) is 0 Å². The third-order valence-corrected chi connectivity index (χ3v) is 3.92. The molecular formula is C15H17NOS. The van der Waals surface area contributed by atoms with Gasteiger partial charge in [0.15, 0.2) is 0 Å². The zero-order valence-electron chi connectivity index (χ0n) is 10.7. The zero-order chi connectivity index (χ0) is 13.0. The molecule has 0 bridgehead atoms. The fraction of sp³-hybridized carbons (Fsp3) is 0.267. The van der Waals surface area contributed by atoms with Gasteiger partial charge in [-0.2, -0.15) is 0 Å². The molecule has 0 aliphatic carbocycles. The second-order valence-electron chi connectivity index (χ2n) is 4.47. The molecule has 0 aliphatic rings. The molecule has 2 rings (SSSR count). The lowest BCUT2D eigenvalue weighted by Gasteiger charge is -2.05. The first-order valence-corrected chi connectivity index (χ1v) is 6.88. The maximum Gasteiger partial charge on any atom is 0.224 e. The van der Waals surface area contributed by atoms with Gasteiger partial charge in [-0.3, -0.25) is 4.79 Å². The molecule has 0 atom stereocenters. The largest absolute Gasteiger partial charge is 0.351 e. The van der Waals surface area contributed by atoms with Gasteiger partial charge in [-0.15, -0.1) is 11.3 Å². The number of carbonyl (C=O) groups excluding carboxylic acids is 1. The highest BCUT2D eigenvalue weighted by Crippen LogP contribution is 2.14. The summed E-state index contributed by atoms with van der Waals surface area (Å²) in [7, 11) is 0. The number of nitrogens with one attached hydrogen (secondary N) is 1. The lowest BCUT2D eigenvalue weighted by Crippen LogP contribution is -2.24. The van der Waals surface area contributed by atoms with Crippen molar-refractivity contribution in [1.29, 1.82) is 0 Å². The Hall–Kier alpha value is -1.61. The Morgan fingerprint density at radius 2 is 1.89 bits per heavy atom. The molecule has 0 fully saturated rings. The third-order valence-electron chi connectivity index (χ3n) is 2.90. The van der Waals surface area contributed by atoms with Crippen LogP contribution in [0, 0.1) is 13.8 Å². The van der Waals surface area contributed by atoms with Crippen molar-refractivity contribution >= 4 is 17.2 Å². The van der Waals surface area contributed by atoms with Crippen LogP contribution >= 0.6 is 11.3 Å². The van der Waals surface area contributed by atoms with E-state index in [-0.39, 0.29) is 5.91 Å². The minimum Gasteiger partial charge on any atom is -0.351 e. The number of benzene rings is 1. The Morgan fingerprint density at radius 3 is 2.50 bits per heavy atom. The highest BCUT2D eigenvalue weighted by Gasteiger charge is 2.05. The molecule has 0 unspecified atom stereocenters. The van der Waals surface area contributed by atoms with E-state index in [2.05, 4.69) is 23.7 Å². The summed E-state index contributed by atoms with van der Waals surface area (Å²) in [5.41, 5.74) is 3.52. The molecule has 94 valence electrons. The summed E-state index contributed by atoms with van der Waals surface area (Å²) in [6.45, 7) is 4.75. The molecule has 1 aromatic carbocycles. The highest BCUT2D eigenvalue weighted by atomic mass is 32.1. The normalized spacial score (nSPS) is 10.3. The van der Waals surface area contributed by atoms with E-state index in [9.17, 15) is 4.79 Å². The number of carbonyl (C=O) groups is 1. The van der Waals surface area contributed by atoms with Crippen LogP contribution in [0.2, 0.25) is 0 Å². The lowest BCUT2D eigenvalue weighted by atomic mass is 10.1. The zero-order valence-corrected chi connectivity index (χ0v) is 11.5. The van der Waals surface area contributed by atoms with E-state index in [1.807, 2.05) is 31.2 Å². The van der Waals surface area contributed by atoms with Gasteiger partial charge < -0.3 is 5.32 Å². The van der Waals surface area contributed by atoms with Crippen LogP contribution in [0.4, 0.5) is 0 Å². The smallest absolute Gasteiger partial charge is 0.224 e. The van der Waals surface area contributed by atoms with Crippen LogP contribution in [-0.4, -0.2) is 5.91 Å². The predicted molar refractivity (Wildman–Crippen MR) is 75.8 cm³/mol. The van der Waals surface area contributed by atoms with Crippen LogP contribution < -0.4 is 5.32 Å². The van der Waals surface area contributed by atoms with Gasteiger partial charge in [0.05, 0.1) is 13.0 Å². The Labute approximate surface area is 112 Å². The molecule has 0 saturated heterocycles. The van der Waals surface area contributed by atoms with Crippen molar-refractivity contribution in [3.63, 3.8) is 0 Å². The van der Waals surface area contributed by atoms with Crippen molar-refractivity contribution in [2.24, 2.45) is 0 Å². The van der Waals surface area contributed by atoms with E-state index < -0.39 is 0 Å². The highest BCUT2D eigenvalue weighted by molar-refractivity contribution is 7.10. The fourth-order valence-electron chi connectivity index (χ4n) is 1.72. The van der Waals surface area contributed by atoms with Gasteiger partial charge >= 0.3 is 0 Å². The van der Waals surface area contributed by atoms with Crippen LogP contribution in [0.3, 0.4) is 0 Å². The quantitative estimate of drug-likeness (QED) is 0.897. The summed E-state index contributed by atoms with van der Waals surface area (Å²) in [5.74, 6) is 0.0756. The molecule has 1 aromatic heterocycles. The molecular weight excluding hydrogens is 242 g/mol. The van der Waals surface area contributed by atoms with Gasteiger partial charge in [0, 0.05) is 4.88 Å². The SMILES string of the molecule is Cc1ccc(CC(=O)NCc2sccc2C)cc1. The van der Waals surface area contributed by atoms with Crippen molar-refractivity contribution in [3.05, 3.63) is 57.3 Å². The van der Waals surface area contributed by atoms with Gasteiger partial charge in [0.1, 0.15) is 0 Å². The fourth-order valence-corrected chi connectivity index (χ4v) is 2.56. The maximum absolute atomic E-state index is 11.8. The predicted octanol–water partition coefficient (Wildman–Crippen LogP) is 3.22. The summed E-state index contributed by atoms with van der Waals surface area (Å²) in [6.07, 6.45) is 0.449. The average molecular weight is 259 g/mol. The minimum atomic E-state index is 0.0756. The second kappa shape index (κ2) is 5.83. The molecule has 0 aliphatic heterocycles. The number of hydrogen-bond acceptors (Lipinski definition) is 2. The van der Waals surface area contributed by atoms with Crippen LogP contribution in [0.25, 0.3) is 0 Å². The number of amides is 1. The van der Waals surface area contributed by atoms with E-state index in [0.717, 1.165) is 5.56 Å². The monoisotopic (exact) mass is 259 g/mol. The van der Waals surface area contributed by atoms with Gasteiger partial charge in [-0.05, 0) is 36.4 Å². The molecule has 1 heterocycles. The minimum absolute atomic E-state index is 0.0756. The Morgan fingerprint density at radius 1 is 1.17 bits per heavy atom. The average Bonchev–Trinajstić information content (AvgIpc) is 2.75. The standard InChI is InChI=1S/C15H17NOS/c1-11-3-5-13(6-4-11)9-15(17)16-10-14-12(2)7-8-18-14/h3-8H,9-10H2,1-2H3,(H,16,17). The van der Waals surface area contributed by atoms with Gasteiger partial charge in [-0.25, -0.2) is 0 Å². The first-order valence-electron chi connectivity index (χ1n) is 6.00.